The Morgan fingerprint density at radius 2 is 2.46 bits per heavy atom. The first-order valence-corrected chi connectivity index (χ1v) is 4.10. The first-order chi connectivity index (χ1) is 6.22. The zero-order valence-electron chi connectivity index (χ0n) is 7.38. The molecule has 1 aliphatic rings. The second kappa shape index (κ2) is 4.25. The van der Waals surface area contributed by atoms with Crippen LogP contribution in [-0.4, -0.2) is 43.0 Å². The van der Waals surface area contributed by atoms with Gasteiger partial charge in [0.2, 0.25) is 0 Å². The summed E-state index contributed by atoms with van der Waals surface area (Å²) in [5.74, 6) is 0. The van der Waals surface area contributed by atoms with Crippen LogP contribution in [0.2, 0.25) is 0 Å². The average molecular weight is 186 g/mol. The summed E-state index contributed by atoms with van der Waals surface area (Å²) in [5.41, 5.74) is -0.530. The number of ether oxygens (including phenoxy) is 1. The summed E-state index contributed by atoms with van der Waals surface area (Å²) < 4.78 is 4.72. The Morgan fingerprint density at radius 3 is 2.85 bits per heavy atom. The van der Waals surface area contributed by atoms with Gasteiger partial charge in [-0.3, -0.25) is 0 Å². The van der Waals surface area contributed by atoms with Crippen molar-refractivity contribution >= 4 is 6.09 Å². The Kier molecular flexibility index (Phi) is 3.27. The summed E-state index contributed by atoms with van der Waals surface area (Å²) in [4.78, 5) is 11.0. The molecule has 13 heavy (non-hydrogen) atoms. The van der Waals surface area contributed by atoms with Gasteiger partial charge in [-0.25, -0.2) is 4.79 Å². The van der Waals surface area contributed by atoms with E-state index in [1.165, 1.54) is 6.08 Å². The van der Waals surface area contributed by atoms with Crippen LogP contribution in [0, 0.1) is 0 Å². The van der Waals surface area contributed by atoms with Crippen LogP contribution in [-0.2, 0) is 4.74 Å². The molecule has 0 aromatic rings. The molecule has 3 N–H and O–H groups in total. The molecule has 5 heteroatoms. The fourth-order valence-electron chi connectivity index (χ4n) is 1.05. The van der Waals surface area contributed by atoms with E-state index < -0.39 is 11.6 Å². The van der Waals surface area contributed by atoms with Gasteiger partial charge in [0.05, 0.1) is 12.1 Å². The summed E-state index contributed by atoms with van der Waals surface area (Å²) in [6.45, 7) is 4.67. The van der Waals surface area contributed by atoms with Crippen LogP contribution in [0.1, 0.15) is 0 Å². The Morgan fingerprint density at radius 1 is 1.77 bits per heavy atom. The van der Waals surface area contributed by atoms with Crippen molar-refractivity contribution in [1.29, 1.82) is 0 Å². The van der Waals surface area contributed by atoms with Gasteiger partial charge in [0.15, 0.2) is 0 Å². The Balaban J connectivity index is 2.29. The molecule has 1 fully saturated rings. The molecule has 0 saturated carbocycles. The quantitative estimate of drug-likeness (QED) is 0.504. The van der Waals surface area contributed by atoms with Gasteiger partial charge in [-0.15, -0.1) is 0 Å². The van der Waals surface area contributed by atoms with Crippen molar-refractivity contribution in [3.63, 3.8) is 0 Å². The number of hydrogen-bond acceptors (Lipinski definition) is 4. The van der Waals surface area contributed by atoms with Gasteiger partial charge >= 0.3 is 6.09 Å². The molecular weight excluding hydrogens is 172 g/mol. The average Bonchev–Trinajstić information content (AvgIpc) is 2.08. The summed E-state index contributed by atoms with van der Waals surface area (Å²) in [6, 6.07) is 0. The molecule has 0 bridgehead atoms. The van der Waals surface area contributed by atoms with Crippen molar-refractivity contribution in [2.45, 2.75) is 5.54 Å². The van der Waals surface area contributed by atoms with Gasteiger partial charge in [-0.2, -0.15) is 0 Å². The predicted molar refractivity (Wildman–Crippen MR) is 47.4 cm³/mol. The highest BCUT2D eigenvalue weighted by Gasteiger charge is 2.38. The summed E-state index contributed by atoms with van der Waals surface area (Å²) in [5, 5.41) is 14.5. The molecule has 1 amide bonds. The van der Waals surface area contributed by atoms with Crippen LogP contribution in [0.5, 0.6) is 0 Å². The second-order valence-corrected chi connectivity index (χ2v) is 3.05. The van der Waals surface area contributed by atoms with E-state index >= 15 is 0 Å². The number of hydrogen-bond donors (Lipinski definition) is 3. The van der Waals surface area contributed by atoms with Crippen molar-refractivity contribution in [3.05, 3.63) is 12.7 Å². The molecule has 0 aromatic heterocycles. The molecule has 1 saturated heterocycles. The third kappa shape index (κ3) is 2.43. The number of rotatable bonds is 4. The van der Waals surface area contributed by atoms with Gasteiger partial charge < -0.3 is 20.5 Å². The van der Waals surface area contributed by atoms with Crippen molar-refractivity contribution in [1.82, 2.24) is 10.6 Å². The van der Waals surface area contributed by atoms with Crippen LogP contribution in [0.4, 0.5) is 4.79 Å². The van der Waals surface area contributed by atoms with E-state index in [0.717, 1.165) is 0 Å². The normalized spacial score (nSPS) is 18.5. The van der Waals surface area contributed by atoms with Crippen molar-refractivity contribution in [2.75, 3.05) is 26.3 Å². The van der Waals surface area contributed by atoms with Gasteiger partial charge in [0.25, 0.3) is 0 Å². The summed E-state index contributed by atoms with van der Waals surface area (Å²) in [7, 11) is 0. The lowest BCUT2D eigenvalue weighted by atomic mass is 9.94. The number of amides is 1. The molecule has 0 aliphatic carbocycles. The maximum absolute atomic E-state index is 11.0. The zero-order chi connectivity index (χ0) is 9.73. The first kappa shape index (κ1) is 10.0. The molecule has 1 heterocycles. The monoisotopic (exact) mass is 186 g/mol. The van der Waals surface area contributed by atoms with Crippen LogP contribution < -0.4 is 10.6 Å². The van der Waals surface area contributed by atoms with E-state index in [0.29, 0.717) is 13.1 Å². The van der Waals surface area contributed by atoms with Crippen LogP contribution in [0.15, 0.2) is 12.7 Å². The number of carbonyl (C=O) groups excluding carboxylic acids is 1. The number of carbonyl (C=O) groups is 1. The van der Waals surface area contributed by atoms with Gasteiger partial charge in [0, 0.05) is 13.1 Å². The number of alkyl carbamates (subject to hydrolysis) is 1. The Hall–Kier alpha value is -1.07. The fourth-order valence-corrected chi connectivity index (χ4v) is 1.05. The minimum absolute atomic E-state index is 0.0802. The molecule has 0 unspecified atom stereocenters. The number of nitrogens with one attached hydrogen (secondary N) is 2. The molecule has 0 aromatic carbocycles. The second-order valence-electron chi connectivity index (χ2n) is 3.05. The van der Waals surface area contributed by atoms with E-state index in [4.69, 9.17) is 9.84 Å². The molecule has 1 aliphatic heterocycles. The van der Waals surface area contributed by atoms with Gasteiger partial charge in [0.1, 0.15) is 6.61 Å². The molecular formula is C8H14N2O3. The molecule has 0 spiro atoms. The molecule has 1 rings (SSSR count). The molecule has 74 valence electrons. The van der Waals surface area contributed by atoms with E-state index in [2.05, 4.69) is 17.2 Å². The maximum atomic E-state index is 11.0. The Bertz CT molecular complexity index is 196. The summed E-state index contributed by atoms with van der Waals surface area (Å²) >= 11 is 0. The van der Waals surface area contributed by atoms with Gasteiger partial charge in [-0.1, -0.05) is 12.7 Å². The SMILES string of the molecule is C=CCOC(=O)NC1(CO)CNC1. The minimum atomic E-state index is -0.530. The predicted octanol–water partition coefficient (Wildman–Crippen LogP) is -0.767. The lowest BCUT2D eigenvalue weighted by Gasteiger charge is -2.41. The van der Waals surface area contributed by atoms with E-state index in [1.807, 2.05) is 0 Å². The van der Waals surface area contributed by atoms with Crippen LogP contribution in [0.3, 0.4) is 0 Å². The standard InChI is InChI=1S/C8H14N2O3/c1-2-3-13-7(12)10-8(6-11)4-9-5-8/h2,9,11H,1,3-6H2,(H,10,12). The maximum Gasteiger partial charge on any atom is 0.408 e. The van der Waals surface area contributed by atoms with Crippen molar-refractivity contribution in [3.8, 4) is 0 Å². The molecule has 0 radical (unpaired) electrons. The fraction of sp³-hybridized carbons (Fsp3) is 0.625. The third-order valence-electron chi connectivity index (χ3n) is 1.93. The highest BCUT2D eigenvalue weighted by Crippen LogP contribution is 2.09. The lowest BCUT2D eigenvalue weighted by Crippen LogP contribution is -2.71. The number of aliphatic hydroxyl groups excluding tert-OH is 1. The lowest BCUT2D eigenvalue weighted by molar-refractivity contribution is 0.0894. The van der Waals surface area contributed by atoms with E-state index in [9.17, 15) is 4.79 Å². The summed E-state index contributed by atoms with van der Waals surface area (Å²) in [6.07, 6.45) is 0.972. The minimum Gasteiger partial charge on any atom is -0.445 e. The third-order valence-corrected chi connectivity index (χ3v) is 1.93. The largest absolute Gasteiger partial charge is 0.445 e. The smallest absolute Gasteiger partial charge is 0.408 e. The zero-order valence-corrected chi connectivity index (χ0v) is 7.38. The number of aliphatic hydroxyl groups is 1. The first-order valence-electron chi connectivity index (χ1n) is 4.10. The molecule has 0 atom stereocenters. The highest BCUT2D eigenvalue weighted by molar-refractivity contribution is 5.68. The van der Waals surface area contributed by atoms with Crippen molar-refractivity contribution in [2.24, 2.45) is 0 Å². The Labute approximate surface area is 76.8 Å². The highest BCUT2D eigenvalue weighted by atomic mass is 16.5. The van der Waals surface area contributed by atoms with Crippen LogP contribution in [0.25, 0.3) is 0 Å². The van der Waals surface area contributed by atoms with E-state index in [1.54, 1.807) is 0 Å². The topological polar surface area (TPSA) is 70.6 Å². The van der Waals surface area contributed by atoms with E-state index in [-0.39, 0.29) is 13.2 Å². The van der Waals surface area contributed by atoms with Crippen LogP contribution >= 0.6 is 0 Å². The van der Waals surface area contributed by atoms with Gasteiger partial charge in [-0.05, 0) is 0 Å². The van der Waals surface area contributed by atoms with Crippen molar-refractivity contribution < 1.29 is 14.6 Å². The molecule has 5 nitrogen and oxygen atoms in total.